The number of hydroxylamine groups is 2. The van der Waals surface area contributed by atoms with Crippen molar-refractivity contribution in [2.24, 2.45) is 0 Å². The molecular weight excluding hydrogens is 292 g/mol. The summed E-state index contributed by atoms with van der Waals surface area (Å²) >= 11 is 0. The SMILES string of the molecule is C=CCON1C(=O)N2CC(C)=CC1C2.CC.CC.CC.CC=O. The van der Waals surface area contributed by atoms with Crippen LogP contribution in [0.1, 0.15) is 55.4 Å². The minimum Gasteiger partial charge on any atom is -0.316 e. The van der Waals surface area contributed by atoms with Crippen LogP contribution >= 0.6 is 0 Å². The molecule has 2 bridgehead atoms. The normalized spacial score (nSPS) is 16.8. The molecular formula is C18H36N2O3. The zero-order valence-electron chi connectivity index (χ0n) is 16.3. The van der Waals surface area contributed by atoms with Crippen molar-refractivity contribution in [3.63, 3.8) is 0 Å². The molecule has 1 fully saturated rings. The van der Waals surface area contributed by atoms with Crippen LogP contribution in [0, 0.1) is 0 Å². The van der Waals surface area contributed by atoms with Crippen molar-refractivity contribution in [1.82, 2.24) is 9.96 Å². The Hall–Kier alpha value is -1.62. The number of fused-ring (bicyclic) bond motifs is 2. The summed E-state index contributed by atoms with van der Waals surface area (Å²) in [5.41, 5.74) is 1.22. The highest BCUT2D eigenvalue weighted by atomic mass is 16.7. The van der Waals surface area contributed by atoms with Crippen LogP contribution in [-0.4, -0.2) is 48.0 Å². The number of amides is 2. The lowest BCUT2D eigenvalue weighted by Gasteiger charge is -2.19. The van der Waals surface area contributed by atoms with E-state index in [1.807, 2.05) is 48.5 Å². The lowest BCUT2D eigenvalue weighted by Crippen LogP contribution is -2.33. The zero-order valence-corrected chi connectivity index (χ0v) is 16.3. The number of aldehydes is 1. The van der Waals surface area contributed by atoms with Gasteiger partial charge in [0.1, 0.15) is 6.29 Å². The Balaban J connectivity index is -0.000000382. The van der Waals surface area contributed by atoms with E-state index in [1.54, 1.807) is 11.0 Å². The molecule has 136 valence electrons. The molecule has 1 unspecified atom stereocenters. The Morgan fingerprint density at radius 2 is 1.74 bits per heavy atom. The van der Waals surface area contributed by atoms with Gasteiger partial charge in [-0.2, -0.15) is 5.06 Å². The van der Waals surface area contributed by atoms with E-state index in [0.29, 0.717) is 6.61 Å². The smallest absolute Gasteiger partial charge is 0.316 e. The number of carbonyl (C=O) groups excluding carboxylic acids is 2. The van der Waals surface area contributed by atoms with E-state index in [-0.39, 0.29) is 12.1 Å². The fourth-order valence-corrected chi connectivity index (χ4v) is 1.88. The number of nitrogens with zero attached hydrogens (tertiary/aromatic N) is 2. The third-order valence-corrected chi connectivity index (χ3v) is 2.42. The van der Waals surface area contributed by atoms with Crippen molar-refractivity contribution < 1.29 is 14.4 Å². The summed E-state index contributed by atoms with van der Waals surface area (Å²) in [5, 5.41) is 1.44. The molecule has 23 heavy (non-hydrogen) atoms. The van der Waals surface area contributed by atoms with Crippen molar-refractivity contribution in [2.75, 3.05) is 19.7 Å². The van der Waals surface area contributed by atoms with E-state index < -0.39 is 0 Å². The van der Waals surface area contributed by atoms with E-state index in [2.05, 4.69) is 12.7 Å². The first kappa shape index (κ1) is 26.3. The second-order valence-corrected chi connectivity index (χ2v) is 3.89. The van der Waals surface area contributed by atoms with Gasteiger partial charge in [-0.25, -0.2) is 4.79 Å². The van der Waals surface area contributed by atoms with Crippen molar-refractivity contribution >= 4 is 12.3 Å². The first-order chi connectivity index (χ1) is 11.1. The van der Waals surface area contributed by atoms with Crippen LogP contribution in [0.3, 0.4) is 0 Å². The maximum Gasteiger partial charge on any atom is 0.344 e. The number of rotatable bonds is 3. The Morgan fingerprint density at radius 3 is 2.17 bits per heavy atom. The summed E-state index contributed by atoms with van der Waals surface area (Å²) < 4.78 is 0. The molecule has 0 radical (unpaired) electrons. The van der Waals surface area contributed by atoms with E-state index in [4.69, 9.17) is 9.63 Å². The first-order valence-electron chi connectivity index (χ1n) is 8.53. The molecule has 2 rings (SSSR count). The van der Waals surface area contributed by atoms with Gasteiger partial charge in [-0.15, -0.1) is 6.58 Å². The molecule has 0 spiro atoms. The van der Waals surface area contributed by atoms with Gasteiger partial charge in [-0.1, -0.05) is 59.3 Å². The fourth-order valence-electron chi connectivity index (χ4n) is 1.88. The van der Waals surface area contributed by atoms with Crippen molar-refractivity contribution in [3.05, 3.63) is 24.3 Å². The highest BCUT2D eigenvalue weighted by Gasteiger charge is 2.39. The van der Waals surface area contributed by atoms with Gasteiger partial charge in [0, 0.05) is 13.1 Å². The van der Waals surface area contributed by atoms with Crippen LogP contribution in [0.4, 0.5) is 4.79 Å². The number of hydrogen-bond acceptors (Lipinski definition) is 3. The Kier molecular flexibility index (Phi) is 21.1. The molecule has 1 saturated heterocycles. The zero-order chi connectivity index (χ0) is 18.8. The molecule has 0 saturated carbocycles. The van der Waals surface area contributed by atoms with E-state index in [1.165, 1.54) is 17.6 Å². The predicted octanol–water partition coefficient (Wildman–Crippen LogP) is 4.45. The number of urea groups is 1. The largest absolute Gasteiger partial charge is 0.344 e. The summed E-state index contributed by atoms with van der Waals surface area (Å²) in [6.45, 7) is 20.9. The molecule has 0 aromatic carbocycles. The van der Waals surface area contributed by atoms with Gasteiger partial charge in [-0.05, 0) is 13.8 Å². The molecule has 0 N–H and O–H groups in total. The Labute approximate surface area is 142 Å². The van der Waals surface area contributed by atoms with Gasteiger partial charge in [0.2, 0.25) is 0 Å². The quantitative estimate of drug-likeness (QED) is 0.568. The summed E-state index contributed by atoms with van der Waals surface area (Å²) in [7, 11) is 0. The van der Waals surface area contributed by atoms with Crippen LogP contribution < -0.4 is 0 Å². The van der Waals surface area contributed by atoms with E-state index in [9.17, 15) is 4.79 Å². The lowest BCUT2D eigenvalue weighted by molar-refractivity contribution is -0.107. The molecule has 0 aromatic rings. The highest BCUT2D eigenvalue weighted by Crippen LogP contribution is 2.24. The molecule has 2 aliphatic heterocycles. The maximum absolute atomic E-state index is 11.7. The minimum absolute atomic E-state index is 0.0371. The average molecular weight is 328 g/mol. The summed E-state index contributed by atoms with van der Waals surface area (Å²) in [4.78, 5) is 27.6. The molecule has 0 aromatic heterocycles. The summed E-state index contributed by atoms with van der Waals surface area (Å²) in [6.07, 6.45) is 4.48. The van der Waals surface area contributed by atoms with Crippen molar-refractivity contribution in [1.29, 1.82) is 0 Å². The molecule has 2 aliphatic rings. The Morgan fingerprint density at radius 1 is 1.26 bits per heavy atom. The van der Waals surface area contributed by atoms with Crippen molar-refractivity contribution in [3.8, 4) is 0 Å². The Bertz CT molecular complexity index is 341. The number of carbonyl (C=O) groups is 2. The summed E-state index contributed by atoms with van der Waals surface area (Å²) in [5.74, 6) is 0. The average Bonchev–Trinajstić information content (AvgIpc) is 2.81. The van der Waals surface area contributed by atoms with Crippen LogP contribution in [0.25, 0.3) is 0 Å². The second kappa shape index (κ2) is 18.4. The molecule has 5 nitrogen and oxygen atoms in total. The summed E-state index contributed by atoms with van der Waals surface area (Å²) in [6, 6.07) is 0.0427. The van der Waals surface area contributed by atoms with Crippen LogP contribution in [0.2, 0.25) is 0 Å². The van der Waals surface area contributed by atoms with Crippen LogP contribution in [0.15, 0.2) is 24.3 Å². The molecule has 1 atom stereocenters. The standard InChI is InChI=1S/C10H14N2O2.C2H4O.3C2H6/c1-3-4-14-12-9-5-8(2)6-11(7-9)10(12)13;1-2-3;3*1-2/h3,5,9H,1,4,6-7H2,2H3;2H,1H3;3*1-2H3. The van der Waals surface area contributed by atoms with Gasteiger partial charge in [-0.3, -0.25) is 4.84 Å². The molecule has 5 heteroatoms. The van der Waals surface area contributed by atoms with Crippen LogP contribution in [0.5, 0.6) is 0 Å². The monoisotopic (exact) mass is 328 g/mol. The molecule has 2 heterocycles. The van der Waals surface area contributed by atoms with Gasteiger partial charge < -0.3 is 9.69 Å². The van der Waals surface area contributed by atoms with E-state index in [0.717, 1.165) is 19.4 Å². The van der Waals surface area contributed by atoms with E-state index >= 15 is 0 Å². The molecule has 0 aliphatic carbocycles. The number of hydrogen-bond donors (Lipinski definition) is 0. The van der Waals surface area contributed by atoms with Crippen molar-refractivity contribution in [2.45, 2.75) is 61.4 Å². The topological polar surface area (TPSA) is 49.9 Å². The predicted molar refractivity (Wildman–Crippen MR) is 98.3 cm³/mol. The fraction of sp³-hybridized carbons (Fsp3) is 0.667. The third kappa shape index (κ3) is 9.89. The lowest BCUT2D eigenvalue weighted by atomic mass is 10.1. The van der Waals surface area contributed by atoms with Gasteiger partial charge in [0.25, 0.3) is 0 Å². The van der Waals surface area contributed by atoms with Crippen LogP contribution in [-0.2, 0) is 9.63 Å². The van der Waals surface area contributed by atoms with Gasteiger partial charge >= 0.3 is 6.03 Å². The van der Waals surface area contributed by atoms with Gasteiger partial charge in [0.15, 0.2) is 0 Å². The molecule has 2 amide bonds. The maximum atomic E-state index is 11.7. The minimum atomic E-state index is -0.0371. The first-order valence-corrected chi connectivity index (χ1v) is 8.53. The third-order valence-electron chi connectivity index (χ3n) is 2.42. The van der Waals surface area contributed by atoms with Gasteiger partial charge in [0.05, 0.1) is 12.6 Å². The second-order valence-electron chi connectivity index (χ2n) is 3.89. The highest BCUT2D eigenvalue weighted by molar-refractivity contribution is 5.77.